The van der Waals surface area contributed by atoms with Gasteiger partial charge in [0.25, 0.3) is 0 Å². The Morgan fingerprint density at radius 1 is 0.741 bits per heavy atom. The molecule has 0 saturated carbocycles. The van der Waals surface area contributed by atoms with Gasteiger partial charge >= 0.3 is 5.97 Å². The zero-order valence-corrected chi connectivity index (χ0v) is 17.6. The number of carboxylic acids is 1. The molecule has 2 unspecified atom stereocenters. The Morgan fingerprint density at radius 2 is 1.33 bits per heavy atom. The summed E-state index contributed by atoms with van der Waals surface area (Å²) in [5.41, 5.74) is 0. The summed E-state index contributed by atoms with van der Waals surface area (Å²) in [5.74, 6) is -0.701. The minimum absolute atomic E-state index is 0.285. The molecule has 0 rings (SSSR count). The van der Waals surface area contributed by atoms with Crippen LogP contribution in [0.15, 0.2) is 12.2 Å². The first kappa shape index (κ1) is 26.1. The van der Waals surface area contributed by atoms with Crippen LogP contribution < -0.4 is 0 Å². The van der Waals surface area contributed by atoms with Crippen LogP contribution in [0.5, 0.6) is 0 Å². The minimum atomic E-state index is -0.701. The smallest absolute Gasteiger partial charge is 0.303 e. The first-order valence-electron chi connectivity index (χ1n) is 11.3. The third-order valence-electron chi connectivity index (χ3n) is 5.06. The molecule has 160 valence electrons. The highest BCUT2D eigenvalue weighted by Crippen LogP contribution is 2.14. The highest BCUT2D eigenvalue weighted by atomic mass is 16.4. The van der Waals surface area contributed by atoms with Crippen LogP contribution in [-0.4, -0.2) is 33.5 Å². The van der Waals surface area contributed by atoms with Gasteiger partial charge in [0.2, 0.25) is 0 Å². The lowest BCUT2D eigenvalue weighted by molar-refractivity contribution is -0.137. The number of hydrogen-bond acceptors (Lipinski definition) is 3. The highest BCUT2D eigenvalue weighted by Gasteiger charge is 2.08. The number of aliphatic hydroxyl groups excluding tert-OH is 2. The quantitative estimate of drug-likeness (QED) is 0.178. The third-order valence-corrected chi connectivity index (χ3v) is 5.06. The molecule has 3 N–H and O–H groups in total. The van der Waals surface area contributed by atoms with Gasteiger partial charge < -0.3 is 15.3 Å². The SMILES string of the molecule is CCCCCCC=CCC(O)CCC(O)CCCCCCCCCC(=O)O. The topological polar surface area (TPSA) is 77.8 Å². The monoisotopic (exact) mass is 384 g/mol. The van der Waals surface area contributed by atoms with Gasteiger partial charge in [-0.1, -0.05) is 76.9 Å². The fourth-order valence-electron chi connectivity index (χ4n) is 3.25. The van der Waals surface area contributed by atoms with Crippen molar-refractivity contribution < 1.29 is 20.1 Å². The Kier molecular flexibility index (Phi) is 19.2. The molecule has 27 heavy (non-hydrogen) atoms. The summed E-state index contributed by atoms with van der Waals surface area (Å²) >= 11 is 0. The molecule has 0 aliphatic heterocycles. The summed E-state index contributed by atoms with van der Waals surface area (Å²) in [6.07, 6.45) is 20.3. The Morgan fingerprint density at radius 3 is 2.00 bits per heavy atom. The molecule has 0 heterocycles. The van der Waals surface area contributed by atoms with Crippen LogP contribution in [0.1, 0.15) is 116 Å². The van der Waals surface area contributed by atoms with Crippen LogP contribution in [0, 0.1) is 0 Å². The van der Waals surface area contributed by atoms with Crippen LogP contribution in [0.2, 0.25) is 0 Å². The molecule has 0 spiro atoms. The van der Waals surface area contributed by atoms with E-state index in [2.05, 4.69) is 19.1 Å². The largest absolute Gasteiger partial charge is 0.481 e. The van der Waals surface area contributed by atoms with Crippen molar-refractivity contribution in [3.05, 3.63) is 12.2 Å². The van der Waals surface area contributed by atoms with E-state index in [1.807, 2.05) is 0 Å². The average molecular weight is 385 g/mol. The molecule has 0 aromatic heterocycles. The standard InChI is InChI=1S/C23H44O4/c1-2-3-4-5-7-10-13-16-21(24)19-20-22(25)17-14-11-8-6-9-12-15-18-23(26)27/h10,13,21-22,24-25H,2-9,11-12,14-20H2,1H3,(H,26,27). The zero-order valence-electron chi connectivity index (χ0n) is 17.6. The van der Waals surface area contributed by atoms with Crippen molar-refractivity contribution in [3.63, 3.8) is 0 Å². The Bertz CT molecular complexity index is 354. The summed E-state index contributed by atoms with van der Waals surface area (Å²) in [4.78, 5) is 10.4. The van der Waals surface area contributed by atoms with E-state index < -0.39 is 5.97 Å². The van der Waals surface area contributed by atoms with E-state index in [9.17, 15) is 15.0 Å². The van der Waals surface area contributed by atoms with Gasteiger partial charge in [-0.2, -0.15) is 0 Å². The van der Waals surface area contributed by atoms with Crippen molar-refractivity contribution in [2.24, 2.45) is 0 Å². The summed E-state index contributed by atoms with van der Waals surface area (Å²) in [6, 6.07) is 0. The Balaban J connectivity index is 3.40. The third kappa shape index (κ3) is 21.3. The molecule has 2 atom stereocenters. The summed E-state index contributed by atoms with van der Waals surface area (Å²) in [7, 11) is 0. The van der Waals surface area contributed by atoms with Crippen molar-refractivity contribution in [2.45, 2.75) is 128 Å². The fourth-order valence-corrected chi connectivity index (χ4v) is 3.25. The summed E-state index contributed by atoms with van der Waals surface area (Å²) < 4.78 is 0. The number of carboxylic acid groups (broad SMARTS) is 1. The van der Waals surface area contributed by atoms with E-state index >= 15 is 0 Å². The van der Waals surface area contributed by atoms with E-state index in [0.29, 0.717) is 19.3 Å². The lowest BCUT2D eigenvalue weighted by atomic mass is 10.0. The van der Waals surface area contributed by atoms with Gasteiger partial charge in [0.1, 0.15) is 0 Å². The Hall–Kier alpha value is -0.870. The van der Waals surface area contributed by atoms with Crippen molar-refractivity contribution in [1.82, 2.24) is 0 Å². The summed E-state index contributed by atoms with van der Waals surface area (Å²) in [6.45, 7) is 2.22. The van der Waals surface area contributed by atoms with E-state index in [1.54, 1.807) is 0 Å². The molecule has 0 aliphatic carbocycles. The lowest BCUT2D eigenvalue weighted by Crippen LogP contribution is -2.12. The predicted octanol–water partition coefficient (Wildman–Crippen LogP) is 6.00. The molecule has 4 heteroatoms. The molecule has 0 aliphatic rings. The van der Waals surface area contributed by atoms with Gasteiger partial charge in [-0.3, -0.25) is 4.79 Å². The first-order chi connectivity index (χ1) is 13.1. The molecule has 0 bridgehead atoms. The van der Waals surface area contributed by atoms with Crippen molar-refractivity contribution >= 4 is 5.97 Å². The number of aliphatic hydroxyl groups is 2. The number of rotatable bonds is 20. The van der Waals surface area contributed by atoms with Gasteiger partial charge in [-0.25, -0.2) is 0 Å². The zero-order chi connectivity index (χ0) is 20.2. The molecular formula is C23H44O4. The molecule has 0 aromatic carbocycles. The second kappa shape index (κ2) is 19.9. The van der Waals surface area contributed by atoms with Crippen LogP contribution in [-0.2, 0) is 4.79 Å². The Labute approximate surface area is 167 Å². The van der Waals surface area contributed by atoms with E-state index in [-0.39, 0.29) is 18.6 Å². The van der Waals surface area contributed by atoms with Crippen LogP contribution in [0.3, 0.4) is 0 Å². The van der Waals surface area contributed by atoms with Gasteiger partial charge in [0.15, 0.2) is 0 Å². The van der Waals surface area contributed by atoms with Gasteiger partial charge in [-0.05, 0) is 44.9 Å². The second-order valence-electron chi connectivity index (χ2n) is 7.85. The molecule has 0 amide bonds. The average Bonchev–Trinajstić information content (AvgIpc) is 2.64. The predicted molar refractivity (Wildman–Crippen MR) is 113 cm³/mol. The normalized spacial score (nSPS) is 13.9. The molecule has 0 fully saturated rings. The van der Waals surface area contributed by atoms with Crippen molar-refractivity contribution in [3.8, 4) is 0 Å². The van der Waals surface area contributed by atoms with Gasteiger partial charge in [0.05, 0.1) is 12.2 Å². The van der Waals surface area contributed by atoms with Crippen LogP contribution in [0.25, 0.3) is 0 Å². The molecule has 0 radical (unpaired) electrons. The lowest BCUT2D eigenvalue weighted by Gasteiger charge is -2.13. The fraction of sp³-hybridized carbons (Fsp3) is 0.870. The maximum atomic E-state index is 10.4. The first-order valence-corrected chi connectivity index (χ1v) is 11.3. The van der Waals surface area contributed by atoms with E-state index in [1.165, 1.54) is 25.7 Å². The van der Waals surface area contributed by atoms with E-state index in [0.717, 1.165) is 57.8 Å². The number of carbonyl (C=O) groups is 1. The van der Waals surface area contributed by atoms with Crippen LogP contribution >= 0.6 is 0 Å². The van der Waals surface area contributed by atoms with Gasteiger partial charge in [0, 0.05) is 6.42 Å². The number of unbranched alkanes of at least 4 members (excludes halogenated alkanes) is 10. The number of allylic oxidation sites excluding steroid dienone is 1. The van der Waals surface area contributed by atoms with Crippen molar-refractivity contribution in [1.29, 1.82) is 0 Å². The maximum absolute atomic E-state index is 10.4. The number of aliphatic carboxylic acids is 1. The second-order valence-corrected chi connectivity index (χ2v) is 7.85. The number of hydrogen-bond donors (Lipinski definition) is 3. The van der Waals surface area contributed by atoms with Gasteiger partial charge in [-0.15, -0.1) is 0 Å². The molecule has 4 nitrogen and oxygen atoms in total. The van der Waals surface area contributed by atoms with E-state index in [4.69, 9.17) is 5.11 Å². The molecule has 0 aromatic rings. The molecule has 0 saturated heterocycles. The maximum Gasteiger partial charge on any atom is 0.303 e. The minimum Gasteiger partial charge on any atom is -0.481 e. The summed E-state index contributed by atoms with van der Waals surface area (Å²) in [5, 5.41) is 28.6. The van der Waals surface area contributed by atoms with Crippen LogP contribution in [0.4, 0.5) is 0 Å². The molecular weight excluding hydrogens is 340 g/mol. The van der Waals surface area contributed by atoms with Crippen molar-refractivity contribution in [2.75, 3.05) is 0 Å². The highest BCUT2D eigenvalue weighted by molar-refractivity contribution is 5.66.